The number of hydrogen-bond donors (Lipinski definition) is 2. The quantitative estimate of drug-likeness (QED) is 0.781. The molecule has 0 aromatic heterocycles. The molecule has 1 aromatic carbocycles. The van der Waals surface area contributed by atoms with Gasteiger partial charge in [0.1, 0.15) is 5.82 Å². The topological polar surface area (TPSA) is 66.4 Å². The van der Waals surface area contributed by atoms with Crippen LogP contribution in [-0.2, 0) is 4.79 Å². The third-order valence-corrected chi connectivity index (χ3v) is 3.66. The van der Waals surface area contributed by atoms with E-state index in [1.54, 1.807) is 13.0 Å². The molecule has 0 aliphatic heterocycles. The summed E-state index contributed by atoms with van der Waals surface area (Å²) in [5.74, 6) is -2.00. The maximum Gasteiger partial charge on any atom is 0.306 e. The van der Waals surface area contributed by atoms with Gasteiger partial charge in [0.25, 0.3) is 5.91 Å². The Morgan fingerprint density at radius 2 is 1.95 bits per heavy atom. The Morgan fingerprint density at radius 1 is 1.29 bits per heavy atom. The minimum absolute atomic E-state index is 0.0967. The van der Waals surface area contributed by atoms with Gasteiger partial charge in [-0.15, -0.1) is 0 Å². The van der Waals surface area contributed by atoms with Crippen LogP contribution in [0.25, 0.3) is 0 Å². The van der Waals surface area contributed by atoms with Gasteiger partial charge in [-0.1, -0.05) is 29.3 Å². The molecule has 0 aliphatic carbocycles. The number of aliphatic carboxylic acids is 1. The minimum atomic E-state index is -0.809. The van der Waals surface area contributed by atoms with Gasteiger partial charge >= 0.3 is 5.97 Å². The minimum Gasteiger partial charge on any atom is -0.481 e. The number of halogens is 2. The first-order chi connectivity index (χ1) is 9.79. The van der Waals surface area contributed by atoms with Crippen LogP contribution in [0, 0.1) is 11.7 Å². The first-order valence-corrected chi connectivity index (χ1v) is 7.58. The second-order valence-corrected chi connectivity index (χ2v) is 6.12. The number of carboxylic acids is 1. The number of hydrogen-bond acceptors (Lipinski definition) is 2. The number of benzene rings is 1. The zero-order chi connectivity index (χ0) is 16.0. The monoisotopic (exact) mass is 359 g/mol. The molecule has 0 fully saturated rings. The van der Waals surface area contributed by atoms with E-state index in [1.165, 1.54) is 12.1 Å². The molecule has 116 valence electrons. The lowest BCUT2D eigenvalue weighted by molar-refractivity contribution is -0.141. The molecule has 0 radical (unpaired) electrons. The van der Waals surface area contributed by atoms with E-state index in [-0.39, 0.29) is 23.4 Å². The maximum atomic E-state index is 13.2. The molecule has 0 saturated carbocycles. The van der Waals surface area contributed by atoms with Gasteiger partial charge in [0, 0.05) is 16.1 Å². The summed E-state index contributed by atoms with van der Waals surface area (Å²) in [5.41, 5.74) is 0.257. The molecule has 1 amide bonds. The Morgan fingerprint density at radius 3 is 2.52 bits per heavy atom. The number of carbonyl (C=O) groups is 2. The van der Waals surface area contributed by atoms with Crippen LogP contribution in [0.3, 0.4) is 0 Å². The van der Waals surface area contributed by atoms with E-state index in [1.807, 2.05) is 6.92 Å². The number of amides is 1. The Kier molecular flexibility index (Phi) is 6.81. The molecule has 0 heterocycles. The lowest BCUT2D eigenvalue weighted by Gasteiger charge is -2.15. The number of carboxylic acid groups (broad SMARTS) is 1. The highest BCUT2D eigenvalue weighted by Crippen LogP contribution is 2.15. The molecule has 1 aromatic rings. The highest BCUT2D eigenvalue weighted by Gasteiger charge is 2.14. The van der Waals surface area contributed by atoms with Crippen molar-refractivity contribution in [2.24, 2.45) is 5.92 Å². The molecule has 2 unspecified atom stereocenters. The SMILES string of the molecule is CC(CCCC(C)C(=O)O)NC(=O)c1cc(F)cc(Br)c1. The summed E-state index contributed by atoms with van der Waals surface area (Å²) in [4.78, 5) is 22.7. The fraction of sp³-hybridized carbons (Fsp3) is 0.467. The predicted molar refractivity (Wildman–Crippen MR) is 81.7 cm³/mol. The molecule has 0 spiro atoms. The number of rotatable bonds is 7. The van der Waals surface area contributed by atoms with Gasteiger partial charge in [-0.05, 0) is 38.0 Å². The van der Waals surface area contributed by atoms with Crippen molar-refractivity contribution in [1.29, 1.82) is 0 Å². The summed E-state index contributed by atoms with van der Waals surface area (Å²) in [7, 11) is 0. The summed E-state index contributed by atoms with van der Waals surface area (Å²) in [6, 6.07) is 3.92. The van der Waals surface area contributed by atoms with Crippen LogP contribution < -0.4 is 5.32 Å². The molecule has 6 heteroatoms. The highest BCUT2D eigenvalue weighted by molar-refractivity contribution is 9.10. The molecular formula is C15H19BrFNO3. The molecule has 21 heavy (non-hydrogen) atoms. The van der Waals surface area contributed by atoms with E-state index in [9.17, 15) is 14.0 Å². The zero-order valence-electron chi connectivity index (χ0n) is 12.0. The van der Waals surface area contributed by atoms with Crippen LogP contribution in [0.2, 0.25) is 0 Å². The first kappa shape index (κ1) is 17.6. The maximum absolute atomic E-state index is 13.2. The average molecular weight is 360 g/mol. The van der Waals surface area contributed by atoms with E-state index < -0.39 is 11.8 Å². The molecular weight excluding hydrogens is 341 g/mol. The first-order valence-electron chi connectivity index (χ1n) is 6.79. The van der Waals surface area contributed by atoms with Gasteiger partial charge in [0.15, 0.2) is 0 Å². The Hall–Kier alpha value is -1.43. The van der Waals surface area contributed by atoms with E-state index in [4.69, 9.17) is 5.11 Å². The van der Waals surface area contributed by atoms with Crippen LogP contribution in [0.15, 0.2) is 22.7 Å². The molecule has 4 nitrogen and oxygen atoms in total. The van der Waals surface area contributed by atoms with Gasteiger partial charge < -0.3 is 10.4 Å². The van der Waals surface area contributed by atoms with E-state index in [0.29, 0.717) is 23.7 Å². The lowest BCUT2D eigenvalue weighted by Crippen LogP contribution is -2.32. The summed E-state index contributed by atoms with van der Waals surface area (Å²) in [6.45, 7) is 3.51. The third kappa shape index (κ3) is 6.25. The number of carbonyl (C=O) groups excluding carboxylic acids is 1. The third-order valence-electron chi connectivity index (χ3n) is 3.20. The van der Waals surface area contributed by atoms with Crippen LogP contribution in [-0.4, -0.2) is 23.0 Å². The summed E-state index contributed by atoms with van der Waals surface area (Å²) < 4.78 is 13.7. The van der Waals surface area contributed by atoms with Gasteiger partial charge in [0.05, 0.1) is 5.92 Å². The second kappa shape index (κ2) is 8.12. The molecule has 1 rings (SSSR count). The molecule has 0 aliphatic rings. The zero-order valence-corrected chi connectivity index (χ0v) is 13.6. The van der Waals surface area contributed by atoms with Crippen molar-refractivity contribution in [2.75, 3.05) is 0 Å². The molecule has 2 atom stereocenters. The van der Waals surface area contributed by atoms with E-state index in [2.05, 4.69) is 21.2 Å². The fourth-order valence-electron chi connectivity index (χ4n) is 1.92. The van der Waals surface area contributed by atoms with Crippen LogP contribution in [0.5, 0.6) is 0 Å². The smallest absolute Gasteiger partial charge is 0.306 e. The average Bonchev–Trinajstić information content (AvgIpc) is 2.37. The molecule has 0 saturated heterocycles. The summed E-state index contributed by atoms with van der Waals surface area (Å²) in [6.07, 6.45) is 1.96. The molecule has 2 N–H and O–H groups in total. The molecule has 0 bridgehead atoms. The van der Waals surface area contributed by atoms with Crippen molar-refractivity contribution >= 4 is 27.8 Å². The van der Waals surface area contributed by atoms with Gasteiger partial charge in [-0.3, -0.25) is 9.59 Å². The summed E-state index contributed by atoms with van der Waals surface area (Å²) >= 11 is 3.14. The number of nitrogens with one attached hydrogen (secondary N) is 1. The second-order valence-electron chi connectivity index (χ2n) is 5.20. The van der Waals surface area contributed by atoms with Crippen molar-refractivity contribution < 1.29 is 19.1 Å². The van der Waals surface area contributed by atoms with Crippen LogP contribution >= 0.6 is 15.9 Å². The van der Waals surface area contributed by atoms with Gasteiger partial charge in [-0.25, -0.2) is 4.39 Å². The predicted octanol–water partition coefficient (Wildman–Crippen LogP) is 3.60. The Bertz CT molecular complexity index is 501. The van der Waals surface area contributed by atoms with E-state index >= 15 is 0 Å². The fourth-order valence-corrected chi connectivity index (χ4v) is 2.38. The Labute approximate surface area is 131 Å². The lowest BCUT2D eigenvalue weighted by atomic mass is 10.0. The van der Waals surface area contributed by atoms with Crippen molar-refractivity contribution in [3.63, 3.8) is 0 Å². The van der Waals surface area contributed by atoms with Crippen molar-refractivity contribution in [1.82, 2.24) is 5.32 Å². The van der Waals surface area contributed by atoms with E-state index in [0.717, 1.165) is 0 Å². The van der Waals surface area contributed by atoms with Crippen molar-refractivity contribution in [3.05, 3.63) is 34.1 Å². The highest BCUT2D eigenvalue weighted by atomic mass is 79.9. The van der Waals surface area contributed by atoms with Gasteiger partial charge in [-0.2, -0.15) is 0 Å². The standard InChI is InChI=1S/C15H19BrFNO3/c1-9(15(20)21)4-3-5-10(2)18-14(19)11-6-12(16)8-13(17)7-11/h6-10H,3-5H2,1-2H3,(H,18,19)(H,20,21). The van der Waals surface area contributed by atoms with Crippen molar-refractivity contribution in [3.8, 4) is 0 Å². The normalized spacial score (nSPS) is 13.5. The largest absolute Gasteiger partial charge is 0.481 e. The van der Waals surface area contributed by atoms with Crippen LogP contribution in [0.1, 0.15) is 43.5 Å². The van der Waals surface area contributed by atoms with Crippen molar-refractivity contribution in [2.45, 2.75) is 39.2 Å². The summed E-state index contributed by atoms with van der Waals surface area (Å²) in [5, 5.41) is 11.6. The Balaban J connectivity index is 2.45. The van der Waals surface area contributed by atoms with Crippen LogP contribution in [0.4, 0.5) is 4.39 Å². The van der Waals surface area contributed by atoms with Gasteiger partial charge in [0.2, 0.25) is 0 Å².